The molecule has 2 aromatic carbocycles. The molecule has 0 amide bonds. The lowest BCUT2D eigenvalue weighted by atomic mass is 10.0. The first-order valence-electron chi connectivity index (χ1n) is 4.83. The number of fused-ring (bicyclic) bond motifs is 1. The number of hydrogen-bond acceptors (Lipinski definition) is 3. The summed E-state index contributed by atoms with van der Waals surface area (Å²) in [4.78, 5) is 9.58. The molecule has 16 heavy (non-hydrogen) atoms. The predicted molar refractivity (Wildman–Crippen MR) is 57.2 cm³/mol. The normalized spacial score (nSPS) is 12.8. The number of rotatable bonds is 1. The van der Waals surface area contributed by atoms with Gasteiger partial charge in [0, 0.05) is 5.56 Å². The highest BCUT2D eigenvalue weighted by Gasteiger charge is 2.17. The third kappa shape index (κ3) is 1.40. The highest BCUT2D eigenvalue weighted by Crippen LogP contribution is 2.38. The number of nitrogens with one attached hydrogen (secondary N) is 1. The maximum absolute atomic E-state index is 12.8. The number of para-hydroxylation sites is 1. The fourth-order valence-electron chi connectivity index (χ4n) is 1.68. The Morgan fingerprint density at radius 2 is 1.81 bits per heavy atom. The fraction of sp³-hybridized carbons (Fsp3) is 0. The van der Waals surface area contributed by atoms with E-state index in [4.69, 9.17) is 4.89 Å². The van der Waals surface area contributed by atoms with E-state index in [1.165, 1.54) is 12.1 Å². The van der Waals surface area contributed by atoms with E-state index in [1.807, 2.05) is 12.1 Å². The zero-order chi connectivity index (χ0) is 11.0. The summed E-state index contributed by atoms with van der Waals surface area (Å²) in [7, 11) is 0. The van der Waals surface area contributed by atoms with E-state index in [9.17, 15) is 4.39 Å². The SMILES string of the molecule is Fc1ccc(-c2cccc3c2NOO3)cc1. The van der Waals surface area contributed by atoms with Gasteiger partial charge in [-0.15, -0.1) is 0 Å². The van der Waals surface area contributed by atoms with Crippen molar-refractivity contribution >= 4 is 5.69 Å². The Balaban J connectivity index is 2.13. The summed E-state index contributed by atoms with van der Waals surface area (Å²) in [6.45, 7) is 0. The molecule has 4 heteroatoms. The van der Waals surface area contributed by atoms with Gasteiger partial charge in [0.15, 0.2) is 5.75 Å². The molecule has 0 spiro atoms. The number of halogens is 1. The Morgan fingerprint density at radius 3 is 2.62 bits per heavy atom. The molecule has 0 aromatic heterocycles. The van der Waals surface area contributed by atoms with Crippen LogP contribution in [0.2, 0.25) is 0 Å². The molecule has 0 radical (unpaired) electrons. The maximum atomic E-state index is 12.8. The quantitative estimate of drug-likeness (QED) is 0.744. The number of benzene rings is 2. The predicted octanol–water partition coefficient (Wildman–Crippen LogP) is 3.14. The Labute approximate surface area is 91.3 Å². The molecule has 1 aliphatic rings. The van der Waals surface area contributed by atoms with Crippen LogP contribution < -0.4 is 10.4 Å². The second-order valence-corrected chi connectivity index (χ2v) is 3.45. The van der Waals surface area contributed by atoms with Gasteiger partial charge in [0.25, 0.3) is 0 Å². The van der Waals surface area contributed by atoms with Crippen LogP contribution in [0.25, 0.3) is 11.1 Å². The van der Waals surface area contributed by atoms with Crippen molar-refractivity contribution in [2.75, 3.05) is 5.48 Å². The van der Waals surface area contributed by atoms with Gasteiger partial charge < -0.3 is 4.89 Å². The molecule has 0 aliphatic carbocycles. The van der Waals surface area contributed by atoms with Crippen LogP contribution in [0.15, 0.2) is 42.5 Å². The molecular formula is C12H8FNO2. The largest absolute Gasteiger partial charge is 0.312 e. The Hall–Kier alpha value is -2.07. The fourth-order valence-corrected chi connectivity index (χ4v) is 1.68. The van der Waals surface area contributed by atoms with Gasteiger partial charge in [0.2, 0.25) is 0 Å². The first-order valence-corrected chi connectivity index (χ1v) is 4.83. The third-order valence-electron chi connectivity index (χ3n) is 2.46. The van der Waals surface area contributed by atoms with Crippen molar-refractivity contribution in [1.29, 1.82) is 0 Å². The molecule has 0 bridgehead atoms. The summed E-state index contributed by atoms with van der Waals surface area (Å²) in [6.07, 6.45) is 0. The molecule has 0 unspecified atom stereocenters. The van der Waals surface area contributed by atoms with Gasteiger partial charge in [-0.05, 0) is 23.8 Å². The van der Waals surface area contributed by atoms with Crippen LogP contribution in [0.4, 0.5) is 10.1 Å². The molecule has 0 saturated heterocycles. The van der Waals surface area contributed by atoms with Crippen molar-refractivity contribution in [3.63, 3.8) is 0 Å². The van der Waals surface area contributed by atoms with E-state index >= 15 is 0 Å². The van der Waals surface area contributed by atoms with Crippen LogP contribution in [-0.2, 0) is 4.99 Å². The molecule has 1 aliphatic heterocycles. The van der Waals surface area contributed by atoms with Crippen molar-refractivity contribution in [2.24, 2.45) is 0 Å². The lowest BCUT2D eigenvalue weighted by molar-refractivity contribution is -0.160. The van der Waals surface area contributed by atoms with Crippen LogP contribution in [0.3, 0.4) is 0 Å². The lowest BCUT2D eigenvalue weighted by Crippen LogP contribution is -1.93. The molecule has 0 atom stereocenters. The molecular weight excluding hydrogens is 209 g/mol. The van der Waals surface area contributed by atoms with Gasteiger partial charge in [0.1, 0.15) is 11.5 Å². The van der Waals surface area contributed by atoms with Gasteiger partial charge in [-0.3, -0.25) is 0 Å². The molecule has 0 fully saturated rings. The number of hydrogen-bond donors (Lipinski definition) is 1. The molecule has 2 aromatic rings. The second-order valence-electron chi connectivity index (χ2n) is 3.45. The van der Waals surface area contributed by atoms with Crippen molar-refractivity contribution in [2.45, 2.75) is 0 Å². The Bertz CT molecular complexity index is 525. The van der Waals surface area contributed by atoms with Crippen LogP contribution >= 0.6 is 0 Å². The van der Waals surface area contributed by atoms with E-state index in [-0.39, 0.29) is 5.82 Å². The zero-order valence-corrected chi connectivity index (χ0v) is 8.24. The van der Waals surface area contributed by atoms with Crippen LogP contribution in [0, 0.1) is 5.82 Å². The molecule has 1 N–H and O–H groups in total. The first-order chi connectivity index (χ1) is 7.84. The highest BCUT2D eigenvalue weighted by molar-refractivity contribution is 5.82. The van der Waals surface area contributed by atoms with Crippen molar-refractivity contribution in [3.8, 4) is 16.9 Å². The lowest BCUT2D eigenvalue weighted by Gasteiger charge is -2.04. The number of anilines is 1. The minimum absolute atomic E-state index is 0.253. The van der Waals surface area contributed by atoms with Gasteiger partial charge in [-0.1, -0.05) is 29.3 Å². The van der Waals surface area contributed by atoms with Gasteiger partial charge >= 0.3 is 0 Å². The maximum Gasteiger partial charge on any atom is 0.194 e. The smallest absolute Gasteiger partial charge is 0.194 e. The van der Waals surface area contributed by atoms with Gasteiger partial charge in [-0.25, -0.2) is 9.87 Å². The summed E-state index contributed by atoms with van der Waals surface area (Å²) in [5, 5.41) is 0. The van der Waals surface area contributed by atoms with E-state index in [0.29, 0.717) is 5.75 Å². The first kappa shape index (κ1) is 9.18. The summed E-state index contributed by atoms with van der Waals surface area (Å²) < 4.78 is 12.8. The van der Waals surface area contributed by atoms with Crippen molar-refractivity contribution in [3.05, 3.63) is 48.3 Å². The third-order valence-corrected chi connectivity index (χ3v) is 2.46. The minimum atomic E-state index is -0.253. The van der Waals surface area contributed by atoms with Crippen molar-refractivity contribution < 1.29 is 14.3 Å². The van der Waals surface area contributed by atoms with E-state index < -0.39 is 0 Å². The van der Waals surface area contributed by atoms with Crippen LogP contribution in [-0.4, -0.2) is 0 Å². The molecule has 3 rings (SSSR count). The standard InChI is InChI=1S/C12H8FNO2/c13-9-6-4-8(5-7-9)10-2-1-3-11-12(10)14-16-15-11/h1-7,14H. The Morgan fingerprint density at radius 1 is 1.00 bits per heavy atom. The highest BCUT2D eigenvalue weighted by atomic mass is 19.1. The average molecular weight is 217 g/mol. The summed E-state index contributed by atoms with van der Waals surface area (Å²) in [5.74, 6) is 0.374. The summed E-state index contributed by atoms with van der Waals surface area (Å²) in [5.41, 5.74) is 5.24. The minimum Gasteiger partial charge on any atom is -0.312 e. The second kappa shape index (κ2) is 3.50. The monoisotopic (exact) mass is 217 g/mol. The van der Waals surface area contributed by atoms with Crippen LogP contribution in [0.1, 0.15) is 0 Å². The van der Waals surface area contributed by atoms with Gasteiger partial charge in [-0.2, -0.15) is 0 Å². The van der Waals surface area contributed by atoms with Crippen LogP contribution in [0.5, 0.6) is 5.75 Å². The average Bonchev–Trinajstić information content (AvgIpc) is 2.78. The van der Waals surface area contributed by atoms with E-state index in [2.05, 4.69) is 10.5 Å². The zero-order valence-electron chi connectivity index (χ0n) is 8.24. The molecule has 1 heterocycles. The summed E-state index contributed by atoms with van der Waals surface area (Å²) >= 11 is 0. The molecule has 0 saturated carbocycles. The van der Waals surface area contributed by atoms with Gasteiger partial charge in [0.05, 0.1) is 0 Å². The molecule has 80 valence electrons. The Kier molecular flexibility index (Phi) is 2.01. The van der Waals surface area contributed by atoms with E-state index in [1.54, 1.807) is 18.2 Å². The summed E-state index contributed by atoms with van der Waals surface area (Å²) in [6, 6.07) is 11.8. The van der Waals surface area contributed by atoms with E-state index in [0.717, 1.165) is 16.8 Å². The van der Waals surface area contributed by atoms with Crippen molar-refractivity contribution in [1.82, 2.24) is 0 Å². The molecule has 3 nitrogen and oxygen atoms in total. The topological polar surface area (TPSA) is 30.5 Å².